The van der Waals surface area contributed by atoms with Gasteiger partial charge in [-0.25, -0.2) is 4.39 Å². The second kappa shape index (κ2) is 11.2. The van der Waals surface area contributed by atoms with Crippen molar-refractivity contribution in [1.29, 1.82) is 5.26 Å². The van der Waals surface area contributed by atoms with Gasteiger partial charge < -0.3 is 9.88 Å². The highest BCUT2D eigenvalue weighted by Gasteiger charge is 2.40. The molecule has 8 nitrogen and oxygen atoms in total. The Kier molecular flexibility index (Phi) is 7.28. The molecule has 0 radical (unpaired) electrons. The number of ketones is 1. The summed E-state index contributed by atoms with van der Waals surface area (Å²) >= 11 is 0. The number of hydrogen-bond donors (Lipinski definition) is 2. The highest BCUT2D eigenvalue weighted by Crippen LogP contribution is 2.46. The number of carbonyl (C=O) groups excluding carboxylic acids is 3. The van der Waals surface area contributed by atoms with Crippen molar-refractivity contribution in [1.82, 2.24) is 15.2 Å². The van der Waals surface area contributed by atoms with E-state index in [-0.39, 0.29) is 18.1 Å². The van der Waals surface area contributed by atoms with Crippen LogP contribution in [0.3, 0.4) is 0 Å². The van der Waals surface area contributed by atoms with Gasteiger partial charge in [0.15, 0.2) is 5.78 Å². The van der Waals surface area contributed by atoms with Gasteiger partial charge in [0.2, 0.25) is 11.8 Å². The molecule has 4 aromatic rings. The Labute approximate surface area is 267 Å². The van der Waals surface area contributed by atoms with E-state index in [4.69, 9.17) is 0 Å². The molecular weight excluding hydrogens is 581 g/mol. The van der Waals surface area contributed by atoms with E-state index in [0.29, 0.717) is 29.7 Å². The first-order valence-corrected chi connectivity index (χ1v) is 16.0. The molecular formula is C37H36FN5O3. The number of halogens is 1. The van der Waals surface area contributed by atoms with E-state index in [9.17, 15) is 19.6 Å². The fraction of sp³-hybridized carbons (Fsp3) is 0.351. The van der Waals surface area contributed by atoms with E-state index in [1.165, 1.54) is 6.07 Å². The summed E-state index contributed by atoms with van der Waals surface area (Å²) < 4.78 is 15.1. The first-order valence-electron chi connectivity index (χ1n) is 16.0. The molecule has 0 saturated carbocycles. The molecule has 2 N–H and O–H groups in total. The van der Waals surface area contributed by atoms with Gasteiger partial charge in [-0.3, -0.25) is 24.6 Å². The van der Waals surface area contributed by atoms with E-state index in [0.717, 1.165) is 77.1 Å². The van der Waals surface area contributed by atoms with Crippen LogP contribution in [0.25, 0.3) is 10.9 Å². The molecule has 1 atom stereocenters. The molecule has 1 unspecified atom stereocenters. The Morgan fingerprint density at radius 3 is 2.50 bits per heavy atom. The number of rotatable bonds is 5. The van der Waals surface area contributed by atoms with Crippen molar-refractivity contribution in [3.63, 3.8) is 0 Å². The molecule has 2 amide bonds. The number of hydrogen-bond acceptors (Lipinski definition) is 6. The lowest BCUT2D eigenvalue weighted by atomic mass is 9.70. The van der Waals surface area contributed by atoms with Gasteiger partial charge in [-0.2, -0.15) is 5.26 Å². The molecule has 0 spiro atoms. The van der Waals surface area contributed by atoms with Crippen LogP contribution in [0.2, 0.25) is 0 Å². The smallest absolute Gasteiger partial charge is 0.234 e. The summed E-state index contributed by atoms with van der Waals surface area (Å²) in [5, 5.41) is 12.6. The number of piperidine rings is 1. The zero-order chi connectivity index (χ0) is 32.3. The van der Waals surface area contributed by atoms with Crippen LogP contribution in [0.4, 0.5) is 10.1 Å². The van der Waals surface area contributed by atoms with Crippen LogP contribution in [0.5, 0.6) is 0 Å². The van der Waals surface area contributed by atoms with Gasteiger partial charge >= 0.3 is 0 Å². The average Bonchev–Trinajstić information content (AvgIpc) is 3.44. The monoisotopic (exact) mass is 617 g/mol. The minimum atomic E-state index is -0.640. The number of amides is 2. The van der Waals surface area contributed by atoms with Crippen molar-refractivity contribution in [3.8, 4) is 6.07 Å². The van der Waals surface area contributed by atoms with Crippen LogP contribution in [0.15, 0.2) is 48.5 Å². The summed E-state index contributed by atoms with van der Waals surface area (Å²) in [7, 11) is 0. The number of fused-ring (bicyclic) bond motifs is 4. The average molecular weight is 618 g/mol. The highest BCUT2D eigenvalue weighted by atomic mass is 19.1. The van der Waals surface area contributed by atoms with Gasteiger partial charge in [-0.15, -0.1) is 0 Å². The fourth-order valence-electron chi connectivity index (χ4n) is 7.50. The standard InChI is InChI=1S/C37H36FN5O3/c1-4-23-17-27-28(37(2,3)35-33(34(27)45)26-8-5-21(19-39)16-30(26)40-35)18-31(23)43-13-11-42(12-14-43)20-22-6-7-24(29(38)15-22)25-9-10-32(44)41-36(25)46/h5-8,15-18,25,40H,4,9-14,20H2,1-3H3,(H,41,44,46). The van der Waals surface area contributed by atoms with Gasteiger partial charge in [-0.05, 0) is 59.9 Å². The lowest BCUT2D eigenvalue weighted by Gasteiger charge is -2.39. The minimum absolute atomic E-state index is 0.0159. The second-order valence-electron chi connectivity index (χ2n) is 13.2. The third-order valence-electron chi connectivity index (χ3n) is 10.1. The van der Waals surface area contributed by atoms with Crippen LogP contribution in [-0.2, 0) is 28.0 Å². The number of aryl methyl sites for hydroxylation is 1. The number of piperazine rings is 1. The van der Waals surface area contributed by atoms with Crippen molar-refractivity contribution in [2.75, 3.05) is 31.1 Å². The van der Waals surface area contributed by atoms with Gasteiger partial charge in [0.25, 0.3) is 0 Å². The number of imide groups is 1. The van der Waals surface area contributed by atoms with Gasteiger partial charge in [0.05, 0.1) is 23.1 Å². The molecule has 2 saturated heterocycles. The molecule has 3 heterocycles. The van der Waals surface area contributed by atoms with Gasteiger partial charge in [0, 0.05) is 78.0 Å². The van der Waals surface area contributed by atoms with Crippen molar-refractivity contribution in [2.45, 2.75) is 57.9 Å². The quantitative estimate of drug-likeness (QED) is 0.288. The molecule has 2 fully saturated rings. The maximum absolute atomic E-state index is 15.1. The summed E-state index contributed by atoms with van der Waals surface area (Å²) in [6, 6.07) is 17.0. The number of carbonyl (C=O) groups is 3. The number of anilines is 1. The first kappa shape index (κ1) is 29.9. The molecule has 1 aromatic heterocycles. The molecule has 9 heteroatoms. The summed E-state index contributed by atoms with van der Waals surface area (Å²) in [5.41, 5.74) is 7.69. The van der Waals surface area contributed by atoms with Crippen LogP contribution in [0.1, 0.15) is 89.0 Å². The van der Waals surface area contributed by atoms with E-state index in [2.05, 4.69) is 59.1 Å². The normalized spacial score (nSPS) is 19.5. The number of nitriles is 1. The van der Waals surface area contributed by atoms with Crippen molar-refractivity contribution >= 4 is 34.2 Å². The van der Waals surface area contributed by atoms with E-state index in [1.54, 1.807) is 12.1 Å². The van der Waals surface area contributed by atoms with E-state index < -0.39 is 23.1 Å². The van der Waals surface area contributed by atoms with Crippen molar-refractivity contribution in [3.05, 3.63) is 99.0 Å². The number of aromatic nitrogens is 1. The van der Waals surface area contributed by atoms with Crippen LogP contribution in [-0.4, -0.2) is 53.7 Å². The number of nitrogens with one attached hydrogen (secondary N) is 2. The molecule has 3 aromatic carbocycles. The third-order valence-corrected chi connectivity index (χ3v) is 10.1. The number of nitrogens with zero attached hydrogens (tertiary/aromatic N) is 3. The minimum Gasteiger partial charge on any atom is -0.369 e. The molecule has 7 rings (SSSR count). The maximum Gasteiger partial charge on any atom is 0.234 e. The van der Waals surface area contributed by atoms with Gasteiger partial charge in [0.1, 0.15) is 5.82 Å². The van der Waals surface area contributed by atoms with Crippen molar-refractivity contribution < 1.29 is 18.8 Å². The Bertz CT molecular complexity index is 1980. The Morgan fingerprint density at radius 1 is 1.02 bits per heavy atom. The zero-order valence-corrected chi connectivity index (χ0v) is 26.3. The summed E-state index contributed by atoms with van der Waals surface area (Å²) in [5.74, 6) is -1.78. The largest absolute Gasteiger partial charge is 0.369 e. The molecule has 0 bridgehead atoms. The number of benzene rings is 3. The predicted octanol–water partition coefficient (Wildman–Crippen LogP) is 5.45. The third kappa shape index (κ3) is 4.88. The summed E-state index contributed by atoms with van der Waals surface area (Å²) in [6.07, 6.45) is 1.33. The van der Waals surface area contributed by atoms with Crippen LogP contribution >= 0.6 is 0 Å². The van der Waals surface area contributed by atoms with Crippen LogP contribution < -0.4 is 10.2 Å². The lowest BCUT2D eigenvalue weighted by Crippen LogP contribution is -2.46. The van der Waals surface area contributed by atoms with Gasteiger partial charge in [-0.1, -0.05) is 39.0 Å². The Hall–Kier alpha value is -4.81. The predicted molar refractivity (Wildman–Crippen MR) is 173 cm³/mol. The lowest BCUT2D eigenvalue weighted by molar-refractivity contribution is -0.134. The fourth-order valence-corrected chi connectivity index (χ4v) is 7.50. The molecule has 3 aliphatic rings. The maximum atomic E-state index is 15.1. The Morgan fingerprint density at radius 2 is 1.80 bits per heavy atom. The summed E-state index contributed by atoms with van der Waals surface area (Å²) in [4.78, 5) is 45.9. The van der Waals surface area contributed by atoms with Crippen molar-refractivity contribution in [2.24, 2.45) is 0 Å². The zero-order valence-electron chi connectivity index (χ0n) is 26.3. The van der Waals surface area contributed by atoms with E-state index in [1.807, 2.05) is 18.2 Å². The summed E-state index contributed by atoms with van der Waals surface area (Å²) in [6.45, 7) is 10.2. The highest BCUT2D eigenvalue weighted by molar-refractivity contribution is 6.20. The first-order chi connectivity index (χ1) is 22.1. The Balaban J connectivity index is 1.10. The molecule has 234 valence electrons. The SMILES string of the molecule is CCc1cc2c(cc1N1CCN(Cc3ccc(C4CCC(=O)NC4=O)c(F)c3)CC1)C(C)(C)c1[nH]c3cc(C#N)ccc3c1C2=O. The second-order valence-corrected chi connectivity index (χ2v) is 13.2. The molecule has 1 aliphatic carbocycles. The number of H-pyrrole nitrogens is 1. The topological polar surface area (TPSA) is 109 Å². The molecule has 46 heavy (non-hydrogen) atoms. The van der Waals surface area contributed by atoms with Crippen LogP contribution in [0, 0.1) is 17.1 Å². The van der Waals surface area contributed by atoms with E-state index >= 15 is 4.39 Å². The molecule has 2 aliphatic heterocycles. The number of aromatic amines is 1.